The highest BCUT2D eigenvalue weighted by Gasteiger charge is 2.15. The fourth-order valence-electron chi connectivity index (χ4n) is 3.87. The SMILES string of the molecule is CC(C)=CCCC(C)=CCC(C=C(C)CCC=C(C)C)OC(=O)c1ccc(C(=O)c2ccccc2)cc1. The highest BCUT2D eigenvalue weighted by atomic mass is 16.5. The highest BCUT2D eigenvalue weighted by molar-refractivity contribution is 6.09. The summed E-state index contributed by atoms with van der Waals surface area (Å²) in [5.74, 6) is -0.449. The van der Waals surface area contributed by atoms with Gasteiger partial charge in [0.1, 0.15) is 6.10 Å². The van der Waals surface area contributed by atoms with Gasteiger partial charge in [0.25, 0.3) is 0 Å². The molecule has 3 nitrogen and oxygen atoms in total. The molecule has 0 amide bonds. The first kappa shape index (κ1) is 29.8. The van der Waals surface area contributed by atoms with Gasteiger partial charge in [0.15, 0.2) is 5.78 Å². The van der Waals surface area contributed by atoms with E-state index in [2.05, 4.69) is 65.8 Å². The number of benzene rings is 2. The molecule has 196 valence electrons. The zero-order chi connectivity index (χ0) is 27.2. The van der Waals surface area contributed by atoms with Crippen molar-refractivity contribution >= 4 is 11.8 Å². The molecule has 0 aliphatic carbocycles. The Hall–Kier alpha value is -3.46. The van der Waals surface area contributed by atoms with E-state index in [9.17, 15) is 9.59 Å². The number of rotatable bonds is 13. The lowest BCUT2D eigenvalue weighted by Gasteiger charge is -2.15. The molecule has 0 radical (unpaired) electrons. The Balaban J connectivity index is 2.12. The van der Waals surface area contributed by atoms with E-state index < -0.39 is 0 Å². The van der Waals surface area contributed by atoms with Crippen LogP contribution in [-0.4, -0.2) is 17.9 Å². The first-order valence-corrected chi connectivity index (χ1v) is 13.2. The van der Waals surface area contributed by atoms with Crippen LogP contribution in [0.4, 0.5) is 0 Å². The molecule has 3 heteroatoms. The molecule has 2 aromatic carbocycles. The van der Waals surface area contributed by atoms with Crippen LogP contribution in [0.15, 0.2) is 101 Å². The Morgan fingerprint density at radius 3 is 1.76 bits per heavy atom. The molecule has 2 aromatic rings. The zero-order valence-electron chi connectivity index (χ0n) is 23.3. The molecule has 0 saturated carbocycles. The minimum Gasteiger partial charge on any atom is -0.454 e. The average Bonchev–Trinajstić information content (AvgIpc) is 2.87. The van der Waals surface area contributed by atoms with E-state index in [0.717, 1.165) is 25.7 Å². The van der Waals surface area contributed by atoms with Crippen LogP contribution in [-0.2, 0) is 4.74 Å². The van der Waals surface area contributed by atoms with Gasteiger partial charge in [-0.3, -0.25) is 4.79 Å². The van der Waals surface area contributed by atoms with Crippen molar-refractivity contribution in [1.82, 2.24) is 0 Å². The van der Waals surface area contributed by atoms with Crippen LogP contribution in [0.3, 0.4) is 0 Å². The number of ether oxygens (including phenoxy) is 1. The smallest absolute Gasteiger partial charge is 0.338 e. The molecule has 0 spiro atoms. The highest BCUT2D eigenvalue weighted by Crippen LogP contribution is 2.17. The fraction of sp³-hybridized carbons (Fsp3) is 0.353. The molecule has 0 N–H and O–H groups in total. The summed E-state index contributed by atoms with van der Waals surface area (Å²) in [6.45, 7) is 12.7. The summed E-state index contributed by atoms with van der Waals surface area (Å²) in [5, 5.41) is 0. The Bertz CT molecular complexity index is 1140. The molecule has 0 fully saturated rings. The van der Waals surface area contributed by atoms with Crippen molar-refractivity contribution in [2.24, 2.45) is 0 Å². The van der Waals surface area contributed by atoms with E-state index >= 15 is 0 Å². The quantitative estimate of drug-likeness (QED) is 0.157. The van der Waals surface area contributed by atoms with Crippen molar-refractivity contribution in [2.45, 2.75) is 79.8 Å². The van der Waals surface area contributed by atoms with Gasteiger partial charge >= 0.3 is 5.97 Å². The maximum Gasteiger partial charge on any atom is 0.338 e. The van der Waals surface area contributed by atoms with E-state index in [-0.39, 0.29) is 17.9 Å². The largest absolute Gasteiger partial charge is 0.454 e. The van der Waals surface area contributed by atoms with Gasteiger partial charge < -0.3 is 4.74 Å². The second-order valence-corrected chi connectivity index (χ2v) is 10.2. The average molecular weight is 499 g/mol. The molecular weight excluding hydrogens is 456 g/mol. The van der Waals surface area contributed by atoms with Gasteiger partial charge in [0, 0.05) is 17.5 Å². The summed E-state index contributed by atoms with van der Waals surface area (Å²) in [6.07, 6.45) is 12.9. The summed E-state index contributed by atoms with van der Waals surface area (Å²) >= 11 is 0. The van der Waals surface area contributed by atoms with Gasteiger partial charge in [0.2, 0.25) is 0 Å². The third kappa shape index (κ3) is 11.4. The van der Waals surface area contributed by atoms with Crippen molar-refractivity contribution in [3.63, 3.8) is 0 Å². The molecule has 0 aliphatic heterocycles. The fourth-order valence-corrected chi connectivity index (χ4v) is 3.87. The maximum atomic E-state index is 13.0. The second-order valence-electron chi connectivity index (χ2n) is 10.2. The van der Waals surface area contributed by atoms with Crippen molar-refractivity contribution in [3.05, 3.63) is 118 Å². The molecule has 0 aliphatic rings. The molecule has 37 heavy (non-hydrogen) atoms. The lowest BCUT2D eigenvalue weighted by atomic mass is 10.0. The Labute approximate surface area is 223 Å². The van der Waals surface area contributed by atoms with E-state index in [1.807, 2.05) is 18.2 Å². The van der Waals surface area contributed by atoms with E-state index in [1.165, 1.54) is 22.3 Å². The molecule has 0 aromatic heterocycles. The first-order chi connectivity index (χ1) is 17.7. The van der Waals surface area contributed by atoms with E-state index in [4.69, 9.17) is 4.74 Å². The summed E-state index contributed by atoms with van der Waals surface area (Å²) in [4.78, 5) is 25.7. The Kier molecular flexibility index (Phi) is 12.6. The summed E-state index contributed by atoms with van der Waals surface area (Å²) in [7, 11) is 0. The predicted molar refractivity (Wildman–Crippen MR) is 155 cm³/mol. The van der Waals surface area contributed by atoms with Crippen LogP contribution >= 0.6 is 0 Å². The lowest BCUT2D eigenvalue weighted by Crippen LogP contribution is -2.16. The molecule has 2 rings (SSSR count). The number of carbonyl (C=O) groups excluding carboxylic acids is 2. The normalized spacial score (nSPS) is 12.5. The lowest BCUT2D eigenvalue weighted by molar-refractivity contribution is 0.0397. The Morgan fingerprint density at radius 1 is 0.676 bits per heavy atom. The number of hydrogen-bond donors (Lipinski definition) is 0. The summed E-state index contributed by atoms with van der Waals surface area (Å²) in [5.41, 5.74) is 6.73. The molecule has 0 bridgehead atoms. The van der Waals surface area contributed by atoms with Gasteiger partial charge in [0.05, 0.1) is 5.56 Å². The van der Waals surface area contributed by atoms with Gasteiger partial charge in [-0.25, -0.2) is 4.79 Å². The maximum absolute atomic E-state index is 13.0. The number of esters is 1. The minimum absolute atomic E-state index is 0.0676. The van der Waals surface area contributed by atoms with Crippen LogP contribution in [0.25, 0.3) is 0 Å². The predicted octanol–water partition coefficient (Wildman–Crippen LogP) is 9.22. The third-order valence-electron chi connectivity index (χ3n) is 6.03. The summed E-state index contributed by atoms with van der Waals surface area (Å²) in [6, 6.07) is 15.8. The number of hydrogen-bond acceptors (Lipinski definition) is 3. The van der Waals surface area contributed by atoms with Crippen molar-refractivity contribution in [3.8, 4) is 0 Å². The van der Waals surface area contributed by atoms with Crippen molar-refractivity contribution in [2.75, 3.05) is 0 Å². The van der Waals surface area contributed by atoms with Crippen LogP contribution in [0.5, 0.6) is 0 Å². The van der Waals surface area contributed by atoms with E-state index in [1.54, 1.807) is 36.4 Å². The molecule has 1 unspecified atom stereocenters. The molecule has 0 heterocycles. The standard InChI is InChI=1S/C34H42O3/c1-25(2)12-10-14-27(5)18-23-32(24-28(6)15-11-13-26(3)4)37-34(36)31-21-19-30(20-22-31)33(35)29-16-8-7-9-17-29/h7-9,12-13,16-22,24,32H,10-11,14-15,23H2,1-6H3. The zero-order valence-corrected chi connectivity index (χ0v) is 23.3. The van der Waals surface area contributed by atoms with Crippen molar-refractivity contribution < 1.29 is 14.3 Å². The van der Waals surface area contributed by atoms with Gasteiger partial charge in [-0.05, 0) is 85.4 Å². The molecule has 1 atom stereocenters. The Morgan fingerprint density at radius 2 is 1.19 bits per heavy atom. The molecular formula is C34H42O3. The van der Waals surface area contributed by atoms with E-state index in [0.29, 0.717) is 23.1 Å². The molecule has 0 saturated heterocycles. The summed E-state index contributed by atoms with van der Waals surface area (Å²) < 4.78 is 5.94. The topological polar surface area (TPSA) is 43.4 Å². The van der Waals surface area contributed by atoms with Crippen molar-refractivity contribution in [1.29, 1.82) is 0 Å². The second kappa shape index (κ2) is 15.6. The number of carbonyl (C=O) groups is 2. The van der Waals surface area contributed by atoms with Gasteiger partial charge in [-0.15, -0.1) is 0 Å². The number of ketones is 1. The minimum atomic E-state index is -0.382. The number of allylic oxidation sites excluding steroid dienone is 6. The van der Waals surface area contributed by atoms with Gasteiger partial charge in [-0.1, -0.05) is 83.0 Å². The van der Waals surface area contributed by atoms with Crippen LogP contribution in [0.2, 0.25) is 0 Å². The third-order valence-corrected chi connectivity index (χ3v) is 6.03. The first-order valence-electron chi connectivity index (χ1n) is 13.2. The monoisotopic (exact) mass is 498 g/mol. The van der Waals surface area contributed by atoms with Gasteiger partial charge in [-0.2, -0.15) is 0 Å². The van der Waals surface area contributed by atoms with Crippen LogP contribution in [0, 0.1) is 0 Å². The van der Waals surface area contributed by atoms with Crippen LogP contribution in [0.1, 0.15) is 99.9 Å². The van der Waals surface area contributed by atoms with Crippen LogP contribution < -0.4 is 0 Å².